The van der Waals surface area contributed by atoms with Crippen LogP contribution in [0.4, 0.5) is 0 Å². The van der Waals surface area contributed by atoms with Crippen LogP contribution in [0, 0.1) is 11.8 Å². The summed E-state index contributed by atoms with van der Waals surface area (Å²) < 4.78 is 30.6. The van der Waals surface area contributed by atoms with E-state index in [2.05, 4.69) is 60.8 Å². The lowest BCUT2D eigenvalue weighted by Gasteiger charge is -2.23. The van der Waals surface area contributed by atoms with Crippen molar-refractivity contribution in [3.05, 3.63) is 49.7 Å². The van der Waals surface area contributed by atoms with Gasteiger partial charge in [0.05, 0.1) is 3.79 Å². The lowest BCUT2D eigenvalue weighted by atomic mass is 9.94. The van der Waals surface area contributed by atoms with Gasteiger partial charge in [0, 0.05) is 10.5 Å². The van der Waals surface area contributed by atoms with Crippen LogP contribution < -0.4 is 4.72 Å². The summed E-state index contributed by atoms with van der Waals surface area (Å²) in [6.45, 7) is 0. The summed E-state index contributed by atoms with van der Waals surface area (Å²) in [4.78, 5) is 0. The third kappa shape index (κ3) is 3.14. The number of sulfonamides is 1. The highest BCUT2D eigenvalue weighted by molar-refractivity contribution is 9.13. The van der Waals surface area contributed by atoms with E-state index in [-0.39, 0.29) is 6.04 Å². The van der Waals surface area contributed by atoms with Crippen molar-refractivity contribution >= 4 is 53.2 Å². The molecule has 2 aromatic rings. The summed E-state index contributed by atoms with van der Waals surface area (Å²) in [6.07, 6.45) is 4.14. The number of halogens is 2. The van der Waals surface area contributed by atoms with Crippen molar-refractivity contribution in [2.75, 3.05) is 0 Å². The second-order valence-electron chi connectivity index (χ2n) is 6.61. The van der Waals surface area contributed by atoms with Crippen LogP contribution in [0.2, 0.25) is 0 Å². The molecule has 1 fully saturated rings. The molecule has 2 aliphatic carbocycles. The van der Waals surface area contributed by atoms with Crippen molar-refractivity contribution in [2.24, 2.45) is 11.8 Å². The van der Waals surface area contributed by atoms with Gasteiger partial charge in [-0.2, -0.15) is 0 Å². The molecule has 4 rings (SSSR count). The smallest absolute Gasteiger partial charge is 0.207 e. The Morgan fingerprint density at radius 3 is 2.12 bits per heavy atom. The molecule has 0 radical (unpaired) electrons. The van der Waals surface area contributed by atoms with Gasteiger partial charge in [-0.25, -0.2) is 13.1 Å². The third-order valence-corrected chi connectivity index (χ3v) is 10.4. The van der Waals surface area contributed by atoms with Crippen LogP contribution in [-0.2, 0) is 22.9 Å². The van der Waals surface area contributed by atoms with E-state index in [0.29, 0.717) is 16.0 Å². The minimum absolute atomic E-state index is 0.0297. The Hall–Kier alpha value is -0.210. The Bertz CT molecular complexity index is 826. The molecule has 1 saturated carbocycles. The van der Waals surface area contributed by atoms with Gasteiger partial charge in [0.2, 0.25) is 10.0 Å². The highest BCUT2D eigenvalue weighted by atomic mass is 79.9. The zero-order valence-corrected chi connectivity index (χ0v) is 17.6. The fourth-order valence-electron chi connectivity index (χ4n) is 4.04. The summed E-state index contributed by atoms with van der Waals surface area (Å²) in [7, 11) is -3.48. The zero-order valence-electron chi connectivity index (χ0n) is 12.8. The average Bonchev–Trinajstić information content (AvgIpc) is 3.00. The van der Waals surface area contributed by atoms with Gasteiger partial charge < -0.3 is 0 Å². The van der Waals surface area contributed by atoms with E-state index < -0.39 is 10.0 Å². The molecule has 128 valence electrons. The lowest BCUT2D eigenvalue weighted by molar-refractivity contribution is 0.386. The van der Waals surface area contributed by atoms with Crippen molar-refractivity contribution in [1.82, 2.24) is 4.72 Å². The number of benzene rings is 1. The molecule has 0 saturated heterocycles. The van der Waals surface area contributed by atoms with Gasteiger partial charge in [0.15, 0.2) is 0 Å². The first kappa shape index (κ1) is 17.2. The van der Waals surface area contributed by atoms with Crippen molar-refractivity contribution in [2.45, 2.75) is 35.9 Å². The van der Waals surface area contributed by atoms with E-state index in [9.17, 15) is 8.42 Å². The second-order valence-corrected chi connectivity index (χ2v) is 11.8. The molecule has 2 atom stereocenters. The zero-order chi connectivity index (χ0) is 16.9. The molecule has 7 heteroatoms. The number of fused-ring (bicyclic) bond motifs is 3. The van der Waals surface area contributed by atoms with Crippen molar-refractivity contribution in [1.29, 1.82) is 0 Å². The van der Waals surface area contributed by atoms with Gasteiger partial charge in [-0.3, -0.25) is 0 Å². The maximum atomic E-state index is 12.8. The molecule has 0 amide bonds. The predicted octanol–water partition coefficient (Wildman–Crippen LogP) is 4.75. The van der Waals surface area contributed by atoms with Crippen LogP contribution in [0.3, 0.4) is 0 Å². The van der Waals surface area contributed by atoms with Gasteiger partial charge in [0.1, 0.15) is 4.21 Å². The van der Waals surface area contributed by atoms with E-state index in [1.54, 1.807) is 6.07 Å². The standard InChI is InChI=1S/C17H17Br2NO2S2/c18-14-9-15(23-17(14)19)24(21,22)20-16-12-5-6-13(16)8-11-4-2-1-3-10(11)7-12/h1-4,9,12-13,16,20H,5-8H2. The Morgan fingerprint density at radius 1 is 1.04 bits per heavy atom. The maximum Gasteiger partial charge on any atom is 0.250 e. The summed E-state index contributed by atoms with van der Waals surface area (Å²) in [6, 6.07) is 10.2. The van der Waals surface area contributed by atoms with E-state index in [0.717, 1.165) is 33.9 Å². The molecular formula is C17H17Br2NO2S2. The Labute approximate surface area is 163 Å². The number of nitrogens with one attached hydrogen (secondary N) is 1. The topological polar surface area (TPSA) is 46.2 Å². The quantitative estimate of drug-likeness (QED) is 0.675. The van der Waals surface area contributed by atoms with Gasteiger partial charge in [0.25, 0.3) is 0 Å². The Morgan fingerprint density at radius 2 is 1.62 bits per heavy atom. The number of hydrogen-bond donors (Lipinski definition) is 1. The van der Waals surface area contributed by atoms with E-state index in [1.165, 1.54) is 22.5 Å². The molecule has 0 spiro atoms. The number of thiophene rings is 1. The summed E-state index contributed by atoms with van der Waals surface area (Å²) >= 11 is 8.00. The molecule has 1 heterocycles. The molecule has 1 aromatic heterocycles. The van der Waals surface area contributed by atoms with E-state index in [4.69, 9.17) is 0 Å². The highest BCUT2D eigenvalue weighted by Gasteiger charge is 2.41. The SMILES string of the molecule is O=S(=O)(NC1C2CCC1Cc1ccccc1C2)c1cc(Br)c(Br)s1. The van der Waals surface area contributed by atoms with E-state index in [1.807, 2.05) is 0 Å². The summed E-state index contributed by atoms with van der Waals surface area (Å²) in [5.41, 5.74) is 2.77. The van der Waals surface area contributed by atoms with Crippen LogP contribution in [0.25, 0.3) is 0 Å². The monoisotopic (exact) mass is 489 g/mol. The average molecular weight is 491 g/mol. The highest BCUT2D eigenvalue weighted by Crippen LogP contribution is 2.41. The third-order valence-electron chi connectivity index (χ3n) is 5.19. The Balaban J connectivity index is 1.61. The fourth-order valence-corrected chi connectivity index (χ4v) is 8.25. The first-order valence-electron chi connectivity index (χ1n) is 7.98. The first-order chi connectivity index (χ1) is 11.4. The van der Waals surface area contributed by atoms with Crippen LogP contribution in [0.5, 0.6) is 0 Å². The molecule has 2 aliphatic rings. The van der Waals surface area contributed by atoms with Gasteiger partial charge >= 0.3 is 0 Å². The molecular weight excluding hydrogens is 474 g/mol. The predicted molar refractivity (Wildman–Crippen MR) is 104 cm³/mol. The van der Waals surface area contributed by atoms with Crippen LogP contribution >= 0.6 is 43.2 Å². The molecule has 2 bridgehead atoms. The minimum Gasteiger partial charge on any atom is -0.207 e. The lowest BCUT2D eigenvalue weighted by Crippen LogP contribution is -2.41. The first-order valence-corrected chi connectivity index (χ1v) is 11.9. The molecule has 3 nitrogen and oxygen atoms in total. The fraction of sp³-hybridized carbons (Fsp3) is 0.412. The normalized spacial score (nSPS) is 26.2. The minimum atomic E-state index is -3.48. The van der Waals surface area contributed by atoms with Crippen LogP contribution in [-0.4, -0.2) is 14.5 Å². The Kier molecular flexibility index (Phi) is 4.67. The summed E-state index contributed by atoms with van der Waals surface area (Å²) in [5.74, 6) is 0.778. The molecule has 1 aromatic carbocycles. The number of rotatable bonds is 3. The van der Waals surface area contributed by atoms with Crippen molar-refractivity contribution in [3.8, 4) is 0 Å². The van der Waals surface area contributed by atoms with Crippen molar-refractivity contribution < 1.29 is 8.42 Å². The van der Waals surface area contributed by atoms with Gasteiger partial charge in [-0.05, 0) is 86.6 Å². The summed E-state index contributed by atoms with van der Waals surface area (Å²) in [5, 5.41) is 0. The molecule has 24 heavy (non-hydrogen) atoms. The molecule has 2 unspecified atom stereocenters. The van der Waals surface area contributed by atoms with Gasteiger partial charge in [-0.1, -0.05) is 24.3 Å². The second kappa shape index (κ2) is 6.50. The van der Waals surface area contributed by atoms with Crippen LogP contribution in [0.1, 0.15) is 24.0 Å². The maximum absolute atomic E-state index is 12.8. The van der Waals surface area contributed by atoms with Crippen molar-refractivity contribution in [3.63, 3.8) is 0 Å². The largest absolute Gasteiger partial charge is 0.250 e. The van der Waals surface area contributed by atoms with Gasteiger partial charge in [-0.15, -0.1) is 11.3 Å². The van der Waals surface area contributed by atoms with Crippen LogP contribution in [0.15, 0.2) is 42.8 Å². The molecule has 1 N–H and O–H groups in total. The van der Waals surface area contributed by atoms with E-state index >= 15 is 0 Å². The number of hydrogen-bond acceptors (Lipinski definition) is 3. The molecule has 0 aliphatic heterocycles.